The maximum atomic E-state index is 10.9. The summed E-state index contributed by atoms with van der Waals surface area (Å²) in [6.45, 7) is 6.60. The highest BCUT2D eigenvalue weighted by Gasteiger charge is 2.22. The van der Waals surface area contributed by atoms with Gasteiger partial charge in [-0.3, -0.25) is 14.9 Å². The zero-order valence-electron chi connectivity index (χ0n) is 11.4. The number of aryl methyl sites for hydroxylation is 1. The number of nitro benzene ring substituents is 1. The Morgan fingerprint density at radius 1 is 1.42 bits per heavy atom. The van der Waals surface area contributed by atoms with Gasteiger partial charge in [0.05, 0.1) is 4.92 Å². The molecule has 104 valence electrons. The second-order valence-corrected chi connectivity index (χ2v) is 4.85. The molecular formula is C13H17NO5. The summed E-state index contributed by atoms with van der Waals surface area (Å²) in [6.07, 6.45) is 0. The fourth-order valence-electron chi connectivity index (χ4n) is 1.60. The number of hydrogen-bond donors (Lipinski definition) is 0. The van der Waals surface area contributed by atoms with E-state index in [9.17, 15) is 14.9 Å². The van der Waals surface area contributed by atoms with Crippen LogP contribution in [0.5, 0.6) is 5.75 Å². The average molecular weight is 267 g/mol. The number of hydrogen-bond acceptors (Lipinski definition) is 5. The van der Waals surface area contributed by atoms with Crippen LogP contribution in [0.4, 0.5) is 5.69 Å². The Labute approximate surface area is 111 Å². The summed E-state index contributed by atoms with van der Waals surface area (Å²) in [4.78, 5) is 21.1. The van der Waals surface area contributed by atoms with Gasteiger partial charge in [-0.2, -0.15) is 0 Å². The van der Waals surface area contributed by atoms with Crippen molar-refractivity contribution in [1.29, 1.82) is 0 Å². The van der Waals surface area contributed by atoms with Gasteiger partial charge in [-0.1, -0.05) is 0 Å². The van der Waals surface area contributed by atoms with Crippen LogP contribution in [0.15, 0.2) is 18.2 Å². The van der Waals surface area contributed by atoms with Crippen molar-refractivity contribution in [1.82, 2.24) is 0 Å². The molecule has 6 heteroatoms. The van der Waals surface area contributed by atoms with E-state index < -0.39 is 10.5 Å². The predicted molar refractivity (Wildman–Crippen MR) is 69.2 cm³/mol. The second kappa shape index (κ2) is 5.69. The standard InChI is InChI=1S/C13H17NO5/c1-9-7-11(5-6-12(9)14(16)17)18-8-13(3,4)19-10(2)15/h5-7H,8H2,1-4H3. The van der Waals surface area contributed by atoms with Gasteiger partial charge in [0.2, 0.25) is 0 Å². The zero-order valence-corrected chi connectivity index (χ0v) is 11.4. The van der Waals surface area contributed by atoms with Crippen molar-refractivity contribution < 1.29 is 19.2 Å². The van der Waals surface area contributed by atoms with Crippen molar-refractivity contribution >= 4 is 11.7 Å². The van der Waals surface area contributed by atoms with Crippen LogP contribution in [0.2, 0.25) is 0 Å². The first-order valence-electron chi connectivity index (χ1n) is 5.79. The van der Waals surface area contributed by atoms with Crippen LogP contribution in [-0.4, -0.2) is 23.1 Å². The van der Waals surface area contributed by atoms with Crippen LogP contribution in [0, 0.1) is 17.0 Å². The molecule has 1 aromatic rings. The summed E-state index contributed by atoms with van der Waals surface area (Å²) in [6, 6.07) is 4.50. The predicted octanol–water partition coefficient (Wildman–Crippen LogP) is 2.62. The summed E-state index contributed by atoms with van der Waals surface area (Å²) in [7, 11) is 0. The molecule has 0 aliphatic rings. The molecule has 0 aliphatic heterocycles. The number of rotatable bonds is 5. The monoisotopic (exact) mass is 267 g/mol. The van der Waals surface area contributed by atoms with Gasteiger partial charge in [0.15, 0.2) is 0 Å². The van der Waals surface area contributed by atoms with Crippen LogP contribution in [0.25, 0.3) is 0 Å². The van der Waals surface area contributed by atoms with Crippen LogP contribution < -0.4 is 4.74 Å². The lowest BCUT2D eigenvalue weighted by Gasteiger charge is -2.24. The Balaban J connectivity index is 2.71. The molecule has 19 heavy (non-hydrogen) atoms. The van der Waals surface area contributed by atoms with Crippen molar-refractivity contribution in [2.45, 2.75) is 33.3 Å². The van der Waals surface area contributed by atoms with Gasteiger partial charge in [-0.25, -0.2) is 0 Å². The Hall–Kier alpha value is -2.11. The van der Waals surface area contributed by atoms with Gasteiger partial charge in [0.1, 0.15) is 18.0 Å². The average Bonchev–Trinajstić information content (AvgIpc) is 2.24. The van der Waals surface area contributed by atoms with E-state index in [2.05, 4.69) is 0 Å². The SMILES string of the molecule is CC(=O)OC(C)(C)COc1ccc([N+](=O)[O-])c(C)c1. The van der Waals surface area contributed by atoms with Crippen LogP contribution in [0.1, 0.15) is 26.3 Å². The van der Waals surface area contributed by atoms with Crippen LogP contribution in [-0.2, 0) is 9.53 Å². The molecule has 0 atom stereocenters. The largest absolute Gasteiger partial charge is 0.489 e. The Bertz CT molecular complexity index is 496. The third-order valence-electron chi connectivity index (χ3n) is 2.37. The zero-order chi connectivity index (χ0) is 14.6. The molecular weight excluding hydrogens is 250 g/mol. The van der Waals surface area contributed by atoms with Gasteiger partial charge in [0, 0.05) is 18.6 Å². The van der Waals surface area contributed by atoms with E-state index in [0.717, 1.165) is 0 Å². The second-order valence-electron chi connectivity index (χ2n) is 4.85. The van der Waals surface area contributed by atoms with Gasteiger partial charge in [-0.15, -0.1) is 0 Å². The minimum absolute atomic E-state index is 0.0478. The minimum Gasteiger partial charge on any atom is -0.489 e. The first kappa shape index (κ1) is 14.9. The third kappa shape index (κ3) is 4.57. The first-order chi connectivity index (χ1) is 8.71. The number of nitro groups is 1. The summed E-state index contributed by atoms with van der Waals surface area (Å²) in [5.74, 6) is 0.122. The topological polar surface area (TPSA) is 78.7 Å². The molecule has 6 nitrogen and oxygen atoms in total. The van der Waals surface area contributed by atoms with Crippen molar-refractivity contribution in [3.63, 3.8) is 0 Å². The highest BCUT2D eigenvalue weighted by molar-refractivity contribution is 5.66. The van der Waals surface area contributed by atoms with Crippen molar-refractivity contribution in [2.75, 3.05) is 6.61 Å². The smallest absolute Gasteiger partial charge is 0.303 e. The molecule has 1 rings (SSSR count). The van der Waals surface area contributed by atoms with Crippen molar-refractivity contribution in [3.05, 3.63) is 33.9 Å². The maximum absolute atomic E-state index is 10.9. The van der Waals surface area contributed by atoms with Crippen molar-refractivity contribution in [2.24, 2.45) is 0 Å². The van der Waals surface area contributed by atoms with E-state index in [4.69, 9.17) is 9.47 Å². The van der Waals surface area contributed by atoms with Gasteiger partial charge >= 0.3 is 5.97 Å². The summed E-state index contributed by atoms with van der Waals surface area (Å²) in [5, 5.41) is 10.7. The molecule has 0 N–H and O–H groups in total. The lowest BCUT2D eigenvalue weighted by Crippen LogP contribution is -2.34. The number of carbonyl (C=O) groups excluding carboxylic acids is 1. The first-order valence-corrected chi connectivity index (χ1v) is 5.79. The van der Waals surface area contributed by atoms with E-state index in [1.54, 1.807) is 26.8 Å². The number of ether oxygens (including phenoxy) is 2. The Kier molecular flexibility index (Phi) is 4.47. The number of esters is 1. The lowest BCUT2D eigenvalue weighted by molar-refractivity contribution is -0.385. The molecule has 0 aliphatic carbocycles. The summed E-state index contributed by atoms with van der Waals surface area (Å²) < 4.78 is 10.6. The lowest BCUT2D eigenvalue weighted by atomic mass is 10.1. The van der Waals surface area contributed by atoms with E-state index in [-0.39, 0.29) is 18.3 Å². The molecule has 0 fully saturated rings. The maximum Gasteiger partial charge on any atom is 0.303 e. The molecule has 1 aromatic carbocycles. The van der Waals surface area contributed by atoms with Gasteiger partial charge in [0.25, 0.3) is 5.69 Å². The molecule has 0 heterocycles. The van der Waals surface area contributed by atoms with Gasteiger partial charge < -0.3 is 9.47 Å². The summed E-state index contributed by atoms with van der Waals surface area (Å²) in [5.41, 5.74) is -0.180. The molecule has 0 aromatic heterocycles. The molecule has 0 unspecified atom stereocenters. The quantitative estimate of drug-likeness (QED) is 0.465. The molecule has 0 saturated carbocycles. The van der Waals surface area contributed by atoms with Gasteiger partial charge in [-0.05, 0) is 32.9 Å². The minimum atomic E-state index is -0.748. The van der Waals surface area contributed by atoms with Crippen molar-refractivity contribution in [3.8, 4) is 5.75 Å². The molecule has 0 bridgehead atoms. The highest BCUT2D eigenvalue weighted by atomic mass is 16.6. The molecule has 0 amide bonds. The normalized spacial score (nSPS) is 10.9. The van der Waals surface area contributed by atoms with E-state index >= 15 is 0 Å². The molecule has 0 saturated heterocycles. The fourth-order valence-corrected chi connectivity index (χ4v) is 1.60. The molecule has 0 spiro atoms. The van der Waals surface area contributed by atoms with E-state index in [1.807, 2.05) is 0 Å². The Morgan fingerprint density at radius 3 is 2.53 bits per heavy atom. The molecule has 0 radical (unpaired) electrons. The highest BCUT2D eigenvalue weighted by Crippen LogP contribution is 2.24. The van der Waals surface area contributed by atoms with Crippen LogP contribution in [0.3, 0.4) is 0 Å². The number of benzene rings is 1. The van der Waals surface area contributed by atoms with E-state index in [0.29, 0.717) is 11.3 Å². The number of carbonyl (C=O) groups is 1. The fraction of sp³-hybridized carbons (Fsp3) is 0.462. The summed E-state index contributed by atoms with van der Waals surface area (Å²) >= 11 is 0. The number of nitrogens with zero attached hydrogens (tertiary/aromatic N) is 1. The van der Waals surface area contributed by atoms with E-state index in [1.165, 1.54) is 19.1 Å². The third-order valence-corrected chi connectivity index (χ3v) is 2.37. The van der Waals surface area contributed by atoms with Crippen LogP contribution >= 0.6 is 0 Å². The Morgan fingerprint density at radius 2 is 2.05 bits per heavy atom.